The van der Waals surface area contributed by atoms with E-state index in [0.29, 0.717) is 0 Å². The molecule has 0 aromatic carbocycles. The number of carbonyl (C=O) groups excluding carboxylic acids is 2. The maximum absolute atomic E-state index is 11.5. The zero-order valence-corrected chi connectivity index (χ0v) is 12.1. The van der Waals surface area contributed by atoms with Crippen LogP contribution in [0, 0.1) is 0 Å². The van der Waals surface area contributed by atoms with Crippen molar-refractivity contribution < 1.29 is 19.1 Å². The van der Waals surface area contributed by atoms with E-state index in [1.54, 1.807) is 20.8 Å². The molecule has 6 nitrogen and oxygen atoms in total. The molecule has 0 fully saturated rings. The highest BCUT2D eigenvalue weighted by atomic mass is 35.5. The van der Waals surface area contributed by atoms with E-state index in [0.717, 1.165) is 0 Å². The molecule has 1 unspecified atom stereocenters. The Kier molecular flexibility index (Phi) is 8.97. The number of nitrogens with two attached hydrogens (primary N) is 2. The molecule has 7 heteroatoms. The zero-order valence-electron chi connectivity index (χ0n) is 11.3. The summed E-state index contributed by atoms with van der Waals surface area (Å²) >= 11 is 0. The van der Waals surface area contributed by atoms with Gasteiger partial charge < -0.3 is 20.9 Å². The first-order valence-corrected chi connectivity index (χ1v) is 5.49. The first-order valence-electron chi connectivity index (χ1n) is 5.49. The van der Waals surface area contributed by atoms with Gasteiger partial charge in [-0.3, -0.25) is 9.59 Å². The monoisotopic (exact) mass is 282 g/mol. The molecular formula is C11H23ClN2O4. The molecule has 0 saturated carbocycles. The smallest absolute Gasteiger partial charge is 0.323 e. The highest BCUT2D eigenvalue weighted by Crippen LogP contribution is 2.10. The molecule has 0 spiro atoms. The Labute approximate surface area is 114 Å². The van der Waals surface area contributed by atoms with E-state index in [9.17, 15) is 9.59 Å². The summed E-state index contributed by atoms with van der Waals surface area (Å²) in [5.41, 5.74) is 10.6. The lowest BCUT2D eigenvalue weighted by Crippen LogP contribution is -2.39. The number of carbonyl (C=O) groups is 2. The molecule has 0 aliphatic carbocycles. The van der Waals surface area contributed by atoms with Crippen LogP contribution in [0.1, 0.15) is 33.6 Å². The minimum atomic E-state index is -0.773. The Morgan fingerprint density at radius 1 is 1.06 bits per heavy atom. The highest BCUT2D eigenvalue weighted by Gasteiger charge is 2.23. The molecule has 0 aliphatic heterocycles. The van der Waals surface area contributed by atoms with Crippen molar-refractivity contribution in [2.45, 2.75) is 51.3 Å². The van der Waals surface area contributed by atoms with E-state index in [4.69, 9.17) is 16.2 Å². The fourth-order valence-corrected chi connectivity index (χ4v) is 1.12. The minimum absolute atomic E-state index is 0. The first kappa shape index (κ1) is 19.5. The number of ether oxygens (including phenoxy) is 2. The number of hydrogen-bond donors (Lipinski definition) is 2. The van der Waals surface area contributed by atoms with Crippen molar-refractivity contribution >= 4 is 24.3 Å². The van der Waals surface area contributed by atoms with Crippen LogP contribution in [0.5, 0.6) is 0 Å². The molecule has 4 N–H and O–H groups in total. The average Bonchev–Trinajstić information content (AvgIpc) is 2.21. The van der Waals surface area contributed by atoms with Gasteiger partial charge in [0.15, 0.2) is 0 Å². The van der Waals surface area contributed by atoms with E-state index in [1.807, 2.05) is 0 Å². The third-order valence-corrected chi connectivity index (χ3v) is 2.00. The third-order valence-electron chi connectivity index (χ3n) is 2.00. The minimum Gasteiger partial charge on any atom is -0.468 e. The SMILES string of the molecule is COC(=O)[C@@H](N)CCC(N)C(=O)OC(C)(C)C.Cl. The second kappa shape index (κ2) is 8.29. The summed E-state index contributed by atoms with van der Waals surface area (Å²) in [6.07, 6.45) is 0.568. The molecule has 0 bridgehead atoms. The van der Waals surface area contributed by atoms with Gasteiger partial charge in [0.25, 0.3) is 0 Å². The van der Waals surface area contributed by atoms with Crippen molar-refractivity contribution in [2.24, 2.45) is 11.5 Å². The van der Waals surface area contributed by atoms with Crippen molar-refractivity contribution in [1.29, 1.82) is 0 Å². The average molecular weight is 283 g/mol. The predicted molar refractivity (Wildman–Crippen MR) is 70.3 cm³/mol. The summed E-state index contributed by atoms with van der Waals surface area (Å²) < 4.78 is 9.56. The summed E-state index contributed by atoms with van der Waals surface area (Å²) in [5.74, 6) is -1.00. The third kappa shape index (κ3) is 8.27. The number of rotatable bonds is 5. The maximum Gasteiger partial charge on any atom is 0.323 e. The maximum atomic E-state index is 11.5. The van der Waals surface area contributed by atoms with Gasteiger partial charge >= 0.3 is 11.9 Å². The van der Waals surface area contributed by atoms with Gasteiger partial charge in [0, 0.05) is 0 Å². The highest BCUT2D eigenvalue weighted by molar-refractivity contribution is 5.85. The van der Waals surface area contributed by atoms with Crippen LogP contribution in [0.25, 0.3) is 0 Å². The largest absolute Gasteiger partial charge is 0.468 e. The Morgan fingerprint density at radius 2 is 1.44 bits per heavy atom. The first-order chi connectivity index (χ1) is 7.67. The van der Waals surface area contributed by atoms with Crippen LogP contribution in [0.2, 0.25) is 0 Å². The van der Waals surface area contributed by atoms with Crippen molar-refractivity contribution in [1.82, 2.24) is 0 Å². The molecule has 0 heterocycles. The summed E-state index contributed by atoms with van der Waals surface area (Å²) in [7, 11) is 1.26. The van der Waals surface area contributed by atoms with Gasteiger partial charge in [-0.05, 0) is 33.6 Å². The molecule has 0 rings (SSSR count). The molecule has 2 atom stereocenters. The number of hydrogen-bond acceptors (Lipinski definition) is 6. The predicted octanol–water partition coefficient (Wildman–Crippen LogP) is 0.358. The molecule has 0 aromatic rings. The molecular weight excluding hydrogens is 260 g/mol. The molecule has 0 amide bonds. The number of halogens is 1. The van der Waals surface area contributed by atoms with Crippen LogP contribution < -0.4 is 11.5 Å². The molecule has 18 heavy (non-hydrogen) atoms. The lowest BCUT2D eigenvalue weighted by Gasteiger charge is -2.22. The van der Waals surface area contributed by atoms with E-state index in [-0.39, 0.29) is 25.2 Å². The molecule has 0 radical (unpaired) electrons. The number of esters is 2. The van der Waals surface area contributed by atoms with Crippen molar-refractivity contribution in [3.8, 4) is 0 Å². The van der Waals surface area contributed by atoms with Gasteiger partial charge in [0.05, 0.1) is 7.11 Å². The zero-order chi connectivity index (χ0) is 13.6. The second-order valence-electron chi connectivity index (χ2n) is 4.85. The number of methoxy groups -OCH3 is 1. The molecule has 108 valence electrons. The molecule has 0 aromatic heterocycles. The van der Waals surface area contributed by atoms with Crippen LogP contribution in [-0.4, -0.2) is 36.7 Å². The Morgan fingerprint density at radius 3 is 1.78 bits per heavy atom. The van der Waals surface area contributed by atoms with Crippen molar-refractivity contribution in [3.63, 3.8) is 0 Å². The van der Waals surface area contributed by atoms with Gasteiger partial charge in [-0.2, -0.15) is 0 Å². The van der Waals surface area contributed by atoms with Crippen LogP contribution in [0.4, 0.5) is 0 Å². The molecule has 0 aliphatic rings. The summed E-state index contributed by atoms with van der Waals surface area (Å²) in [4.78, 5) is 22.5. The lowest BCUT2D eigenvalue weighted by atomic mass is 10.1. The summed E-state index contributed by atoms with van der Waals surface area (Å²) in [5, 5.41) is 0. The Balaban J connectivity index is 0. The second-order valence-corrected chi connectivity index (χ2v) is 4.85. The van der Waals surface area contributed by atoms with E-state index in [2.05, 4.69) is 4.74 Å². The molecule has 0 saturated heterocycles. The van der Waals surface area contributed by atoms with Crippen molar-refractivity contribution in [3.05, 3.63) is 0 Å². The van der Waals surface area contributed by atoms with Gasteiger partial charge in [0.2, 0.25) is 0 Å². The fraction of sp³-hybridized carbons (Fsp3) is 0.818. The van der Waals surface area contributed by atoms with E-state index < -0.39 is 29.6 Å². The van der Waals surface area contributed by atoms with E-state index >= 15 is 0 Å². The van der Waals surface area contributed by atoms with Gasteiger partial charge in [-0.15, -0.1) is 12.4 Å². The Bertz CT molecular complexity index is 279. The summed E-state index contributed by atoms with van der Waals surface area (Å²) in [6, 6.07) is -1.53. The standard InChI is InChI=1S/C11H22N2O4.ClH/c1-11(2,3)17-10(15)8(13)6-5-7(12)9(14)16-4;/h7-8H,5-6,12-13H2,1-4H3;1H/t7-,8?;/m0./s1. The lowest BCUT2D eigenvalue weighted by molar-refractivity contribution is -0.157. The van der Waals surface area contributed by atoms with Crippen LogP contribution >= 0.6 is 12.4 Å². The topological polar surface area (TPSA) is 105 Å². The van der Waals surface area contributed by atoms with Gasteiger partial charge in [0.1, 0.15) is 17.7 Å². The van der Waals surface area contributed by atoms with E-state index in [1.165, 1.54) is 7.11 Å². The van der Waals surface area contributed by atoms with Gasteiger partial charge in [-0.25, -0.2) is 0 Å². The Hall–Kier alpha value is -0.850. The quantitative estimate of drug-likeness (QED) is 0.705. The van der Waals surface area contributed by atoms with Crippen LogP contribution in [-0.2, 0) is 19.1 Å². The normalized spacial score (nSPS) is 14.1. The van der Waals surface area contributed by atoms with Crippen LogP contribution in [0.3, 0.4) is 0 Å². The van der Waals surface area contributed by atoms with Crippen LogP contribution in [0.15, 0.2) is 0 Å². The fourth-order valence-electron chi connectivity index (χ4n) is 1.12. The summed E-state index contributed by atoms with van der Waals surface area (Å²) in [6.45, 7) is 5.29. The van der Waals surface area contributed by atoms with Crippen molar-refractivity contribution in [2.75, 3.05) is 7.11 Å². The van der Waals surface area contributed by atoms with Gasteiger partial charge in [-0.1, -0.05) is 0 Å².